The predicted octanol–water partition coefficient (Wildman–Crippen LogP) is 1.32. The minimum Gasteiger partial charge on any atom is -0.317 e. The highest BCUT2D eigenvalue weighted by Gasteiger charge is 2.19. The second-order valence-electron chi connectivity index (χ2n) is 5.23. The Morgan fingerprint density at radius 2 is 2.05 bits per heavy atom. The van der Waals surface area contributed by atoms with E-state index in [0.29, 0.717) is 17.6 Å². The monoisotopic (exact) mass is 335 g/mol. The van der Waals surface area contributed by atoms with Gasteiger partial charge in [-0.1, -0.05) is 32.1 Å². The third-order valence-corrected chi connectivity index (χ3v) is 5.20. The lowest BCUT2D eigenvalue weighted by atomic mass is 10.1. The Bertz CT molecular complexity index is 515. The molecular weight excluding hydrogens is 310 g/mol. The minimum atomic E-state index is -3.55. The van der Waals surface area contributed by atoms with E-state index in [0.717, 1.165) is 30.9 Å². The van der Waals surface area contributed by atoms with Gasteiger partial charge in [0.05, 0.1) is 0 Å². The van der Waals surface area contributed by atoms with Gasteiger partial charge in [-0.15, -0.1) is 10.2 Å². The molecule has 1 aromatic rings. The van der Waals surface area contributed by atoms with Crippen LogP contribution in [0.5, 0.6) is 0 Å². The van der Waals surface area contributed by atoms with E-state index < -0.39 is 10.2 Å². The molecule has 7 nitrogen and oxygen atoms in total. The highest BCUT2D eigenvalue weighted by Crippen LogP contribution is 2.19. The van der Waals surface area contributed by atoms with Crippen LogP contribution in [0.1, 0.15) is 32.2 Å². The molecule has 122 valence electrons. The molecule has 1 heterocycles. The topological polar surface area (TPSA) is 87.2 Å². The number of aromatic nitrogens is 2. The van der Waals surface area contributed by atoms with Crippen molar-refractivity contribution in [3.8, 4) is 0 Å². The highest BCUT2D eigenvalue weighted by atomic mass is 32.2. The molecule has 2 N–H and O–H groups in total. The van der Waals surface area contributed by atoms with Crippen LogP contribution in [0.15, 0.2) is 0 Å². The van der Waals surface area contributed by atoms with E-state index in [1.165, 1.54) is 15.6 Å². The Morgan fingerprint density at radius 1 is 1.33 bits per heavy atom. The average Bonchev–Trinajstić information content (AvgIpc) is 2.79. The third-order valence-electron chi connectivity index (χ3n) is 2.75. The van der Waals surface area contributed by atoms with Gasteiger partial charge in [0.2, 0.25) is 5.13 Å². The predicted molar refractivity (Wildman–Crippen MR) is 86.8 cm³/mol. The molecule has 1 aromatic heterocycles. The SMILES string of the molecule is CCNCCCN(C)S(=O)(=O)Nc1nnc(CC(C)C)s1. The number of nitrogens with zero attached hydrogens (tertiary/aromatic N) is 3. The van der Waals surface area contributed by atoms with Crippen LogP contribution >= 0.6 is 11.3 Å². The van der Waals surface area contributed by atoms with Gasteiger partial charge in [-0.2, -0.15) is 12.7 Å². The Kier molecular flexibility index (Phi) is 7.50. The van der Waals surface area contributed by atoms with Gasteiger partial charge in [-0.05, 0) is 25.4 Å². The molecule has 1 rings (SSSR count). The molecule has 0 spiro atoms. The van der Waals surface area contributed by atoms with Crippen LogP contribution in [-0.2, 0) is 16.6 Å². The summed E-state index contributed by atoms with van der Waals surface area (Å²) in [5, 5.41) is 12.2. The minimum absolute atomic E-state index is 0.323. The van der Waals surface area contributed by atoms with Crippen molar-refractivity contribution < 1.29 is 8.42 Å². The fourth-order valence-corrected chi connectivity index (χ4v) is 3.71. The molecule has 0 aliphatic heterocycles. The van der Waals surface area contributed by atoms with Gasteiger partial charge in [0, 0.05) is 20.0 Å². The van der Waals surface area contributed by atoms with Crippen molar-refractivity contribution in [2.75, 3.05) is 31.4 Å². The summed E-state index contributed by atoms with van der Waals surface area (Å²) < 4.78 is 28.0. The first kappa shape index (κ1) is 18.3. The van der Waals surface area contributed by atoms with Crippen molar-refractivity contribution >= 4 is 26.7 Å². The Labute approximate surface area is 131 Å². The molecule has 0 saturated carbocycles. The first-order valence-electron chi connectivity index (χ1n) is 7.12. The Balaban J connectivity index is 2.52. The Morgan fingerprint density at radius 3 is 2.67 bits per heavy atom. The molecule has 0 amide bonds. The zero-order chi connectivity index (χ0) is 15.9. The smallest absolute Gasteiger partial charge is 0.303 e. The summed E-state index contributed by atoms with van der Waals surface area (Å²) in [5.74, 6) is 0.469. The highest BCUT2D eigenvalue weighted by molar-refractivity contribution is 7.90. The van der Waals surface area contributed by atoms with E-state index in [-0.39, 0.29) is 0 Å². The first-order chi connectivity index (χ1) is 9.85. The van der Waals surface area contributed by atoms with Gasteiger partial charge < -0.3 is 5.32 Å². The second kappa shape index (κ2) is 8.62. The van der Waals surface area contributed by atoms with Gasteiger partial charge in [0.1, 0.15) is 5.01 Å². The summed E-state index contributed by atoms with van der Waals surface area (Å²) >= 11 is 1.29. The molecule has 9 heteroatoms. The van der Waals surface area contributed by atoms with Crippen molar-refractivity contribution in [1.29, 1.82) is 0 Å². The number of hydrogen-bond acceptors (Lipinski definition) is 6. The van der Waals surface area contributed by atoms with Crippen LogP contribution in [0.3, 0.4) is 0 Å². The molecule has 0 fully saturated rings. The van der Waals surface area contributed by atoms with Crippen molar-refractivity contribution in [2.24, 2.45) is 5.92 Å². The summed E-state index contributed by atoms with van der Waals surface area (Å²) in [6.07, 6.45) is 1.57. The molecular formula is C12H25N5O2S2. The second-order valence-corrected chi connectivity index (χ2v) is 8.07. The molecule has 0 aliphatic carbocycles. The van der Waals surface area contributed by atoms with E-state index >= 15 is 0 Å². The molecule has 21 heavy (non-hydrogen) atoms. The van der Waals surface area contributed by atoms with Crippen LogP contribution in [0.25, 0.3) is 0 Å². The van der Waals surface area contributed by atoms with E-state index in [9.17, 15) is 8.42 Å². The zero-order valence-corrected chi connectivity index (χ0v) is 14.7. The maximum atomic E-state index is 12.1. The van der Waals surface area contributed by atoms with Crippen LogP contribution in [0.4, 0.5) is 5.13 Å². The molecule has 0 aromatic carbocycles. The molecule has 0 radical (unpaired) electrons. The molecule has 0 atom stereocenters. The maximum Gasteiger partial charge on any atom is 0.303 e. The average molecular weight is 335 g/mol. The quantitative estimate of drug-likeness (QED) is 0.630. The summed E-state index contributed by atoms with van der Waals surface area (Å²) in [5.41, 5.74) is 0. The van der Waals surface area contributed by atoms with E-state index in [2.05, 4.69) is 34.1 Å². The van der Waals surface area contributed by atoms with Gasteiger partial charge in [0.25, 0.3) is 0 Å². The van der Waals surface area contributed by atoms with Crippen molar-refractivity contribution in [3.63, 3.8) is 0 Å². The lowest BCUT2D eigenvalue weighted by Crippen LogP contribution is -2.34. The van der Waals surface area contributed by atoms with Gasteiger partial charge in [-0.3, -0.25) is 0 Å². The number of anilines is 1. The number of hydrogen-bond donors (Lipinski definition) is 2. The summed E-state index contributed by atoms with van der Waals surface area (Å²) in [6, 6.07) is 0. The lowest BCUT2D eigenvalue weighted by Gasteiger charge is -2.16. The molecule has 0 saturated heterocycles. The fraction of sp³-hybridized carbons (Fsp3) is 0.833. The van der Waals surface area contributed by atoms with Crippen LogP contribution < -0.4 is 10.0 Å². The summed E-state index contributed by atoms with van der Waals surface area (Å²) in [7, 11) is -1.99. The van der Waals surface area contributed by atoms with Crippen molar-refractivity contribution in [1.82, 2.24) is 19.8 Å². The standard InChI is InChI=1S/C12H25N5O2S2/c1-5-13-7-6-8-17(4)21(18,19)16-12-15-14-11(20-12)9-10(2)3/h10,13H,5-9H2,1-4H3,(H,15,16). The Hall–Kier alpha value is -0.770. The first-order valence-corrected chi connectivity index (χ1v) is 9.38. The summed E-state index contributed by atoms with van der Waals surface area (Å²) in [4.78, 5) is 0. The van der Waals surface area contributed by atoms with Gasteiger partial charge in [-0.25, -0.2) is 4.72 Å². The molecule has 0 bridgehead atoms. The van der Waals surface area contributed by atoms with Crippen molar-refractivity contribution in [2.45, 2.75) is 33.6 Å². The number of nitrogens with one attached hydrogen (secondary N) is 2. The summed E-state index contributed by atoms with van der Waals surface area (Å²) in [6.45, 7) is 8.34. The third kappa shape index (κ3) is 6.68. The fourth-order valence-electron chi connectivity index (χ4n) is 1.64. The van der Waals surface area contributed by atoms with Crippen molar-refractivity contribution in [3.05, 3.63) is 5.01 Å². The van der Waals surface area contributed by atoms with Crippen LogP contribution in [0, 0.1) is 5.92 Å². The molecule has 0 unspecified atom stereocenters. The van der Waals surface area contributed by atoms with Crippen LogP contribution in [0.2, 0.25) is 0 Å². The molecule has 0 aliphatic rings. The maximum absolute atomic E-state index is 12.1. The van der Waals surface area contributed by atoms with Gasteiger partial charge >= 0.3 is 10.2 Å². The van der Waals surface area contributed by atoms with E-state index in [1.54, 1.807) is 7.05 Å². The number of rotatable bonds is 10. The largest absolute Gasteiger partial charge is 0.317 e. The van der Waals surface area contributed by atoms with E-state index in [4.69, 9.17) is 0 Å². The van der Waals surface area contributed by atoms with Crippen LogP contribution in [-0.4, -0.2) is 49.6 Å². The van der Waals surface area contributed by atoms with Gasteiger partial charge in [0.15, 0.2) is 0 Å². The normalized spacial score (nSPS) is 12.3. The zero-order valence-electron chi connectivity index (χ0n) is 13.1. The lowest BCUT2D eigenvalue weighted by molar-refractivity contribution is 0.459. The van der Waals surface area contributed by atoms with E-state index in [1.807, 2.05) is 6.92 Å².